The quantitative estimate of drug-likeness (QED) is 0.737. The lowest BCUT2D eigenvalue weighted by Crippen LogP contribution is -2.18. The highest BCUT2D eigenvalue weighted by molar-refractivity contribution is 7.89. The molecule has 0 bridgehead atoms. The second-order valence-electron chi connectivity index (χ2n) is 5.12. The number of amides is 2. The number of carbonyl (C=O) groups excluding carboxylic acids is 2. The van der Waals surface area contributed by atoms with Crippen LogP contribution in [0.5, 0.6) is 0 Å². The van der Waals surface area contributed by atoms with Gasteiger partial charge in [-0.05, 0) is 42.5 Å². The summed E-state index contributed by atoms with van der Waals surface area (Å²) in [6, 6.07) is 9.91. The van der Waals surface area contributed by atoms with Gasteiger partial charge in [0.2, 0.25) is 15.9 Å². The van der Waals surface area contributed by atoms with Crippen molar-refractivity contribution in [2.75, 3.05) is 10.6 Å². The molecule has 4 N–H and O–H groups in total. The lowest BCUT2D eigenvalue weighted by molar-refractivity contribution is -0.115. The van der Waals surface area contributed by atoms with Gasteiger partial charge in [-0.15, -0.1) is 0 Å². The Morgan fingerprint density at radius 3 is 2.28 bits per heavy atom. The van der Waals surface area contributed by atoms with Crippen LogP contribution in [0.3, 0.4) is 0 Å². The first-order valence-corrected chi connectivity index (χ1v) is 9.16. The number of sulfonamides is 1. The minimum absolute atomic E-state index is 0.0656. The molecule has 0 aromatic heterocycles. The third kappa shape index (κ3) is 5.02. The van der Waals surface area contributed by atoms with Gasteiger partial charge in [0, 0.05) is 17.1 Å². The first-order chi connectivity index (χ1) is 11.7. The van der Waals surface area contributed by atoms with Gasteiger partial charge in [0.25, 0.3) is 5.91 Å². The van der Waals surface area contributed by atoms with E-state index in [1.54, 1.807) is 13.0 Å². The molecular formula is C16H16ClN3O4S. The van der Waals surface area contributed by atoms with Crippen LogP contribution in [0.25, 0.3) is 0 Å². The minimum Gasteiger partial charge on any atom is -0.325 e. The summed E-state index contributed by atoms with van der Waals surface area (Å²) in [5.41, 5.74) is 0.880. The van der Waals surface area contributed by atoms with E-state index in [1.807, 2.05) is 0 Å². The Hall–Kier alpha value is -2.42. The van der Waals surface area contributed by atoms with E-state index in [9.17, 15) is 18.0 Å². The van der Waals surface area contributed by atoms with E-state index in [0.717, 1.165) is 0 Å². The first-order valence-electron chi connectivity index (χ1n) is 7.24. The van der Waals surface area contributed by atoms with Gasteiger partial charge in [0.05, 0.1) is 16.1 Å². The fourth-order valence-electron chi connectivity index (χ4n) is 1.98. The van der Waals surface area contributed by atoms with Crippen molar-refractivity contribution >= 4 is 44.8 Å². The molecule has 9 heteroatoms. The van der Waals surface area contributed by atoms with Crippen molar-refractivity contribution in [2.45, 2.75) is 18.2 Å². The molecule has 2 amide bonds. The van der Waals surface area contributed by atoms with Crippen molar-refractivity contribution in [1.82, 2.24) is 0 Å². The highest BCUT2D eigenvalue weighted by Crippen LogP contribution is 2.23. The second kappa shape index (κ2) is 7.64. The van der Waals surface area contributed by atoms with Crippen molar-refractivity contribution in [2.24, 2.45) is 5.14 Å². The molecule has 0 aliphatic carbocycles. The van der Waals surface area contributed by atoms with Crippen LogP contribution in [0.4, 0.5) is 11.4 Å². The van der Waals surface area contributed by atoms with Crippen LogP contribution in [-0.2, 0) is 14.8 Å². The van der Waals surface area contributed by atoms with Gasteiger partial charge < -0.3 is 10.6 Å². The molecule has 0 spiro atoms. The largest absolute Gasteiger partial charge is 0.325 e. The highest BCUT2D eigenvalue weighted by atomic mass is 35.5. The maximum absolute atomic E-state index is 12.5. The third-order valence-electron chi connectivity index (χ3n) is 3.26. The van der Waals surface area contributed by atoms with Crippen LogP contribution >= 0.6 is 11.6 Å². The minimum atomic E-state index is -3.81. The van der Waals surface area contributed by atoms with Crippen molar-refractivity contribution in [3.8, 4) is 0 Å². The summed E-state index contributed by atoms with van der Waals surface area (Å²) in [6.45, 7) is 1.69. The van der Waals surface area contributed by atoms with E-state index < -0.39 is 15.9 Å². The molecule has 0 atom stereocenters. The Morgan fingerprint density at radius 1 is 1.08 bits per heavy atom. The first kappa shape index (κ1) is 18.9. The molecule has 0 unspecified atom stereocenters. The molecule has 0 saturated carbocycles. The molecule has 25 heavy (non-hydrogen) atoms. The maximum Gasteiger partial charge on any atom is 0.257 e. The molecule has 0 saturated heterocycles. The normalized spacial score (nSPS) is 11.0. The van der Waals surface area contributed by atoms with Crippen molar-refractivity contribution < 1.29 is 18.0 Å². The standard InChI is InChI=1S/C16H16ClN3O4S/c1-2-15(21)20-14-8-3-10(17)9-13(14)16(22)19-11-4-6-12(7-5-11)25(18,23)24/h3-9H,2H2,1H3,(H,19,22)(H,20,21)(H2,18,23,24). The SMILES string of the molecule is CCC(=O)Nc1ccc(Cl)cc1C(=O)Nc1ccc(S(N)(=O)=O)cc1. The van der Waals surface area contributed by atoms with Crippen LogP contribution < -0.4 is 15.8 Å². The van der Waals surface area contributed by atoms with E-state index in [4.69, 9.17) is 16.7 Å². The molecule has 2 aromatic carbocycles. The van der Waals surface area contributed by atoms with E-state index in [0.29, 0.717) is 16.4 Å². The molecule has 2 aromatic rings. The molecule has 0 heterocycles. The third-order valence-corrected chi connectivity index (χ3v) is 4.43. The van der Waals surface area contributed by atoms with Crippen molar-refractivity contribution in [3.05, 3.63) is 53.1 Å². The number of hydrogen-bond acceptors (Lipinski definition) is 4. The monoisotopic (exact) mass is 381 g/mol. The summed E-state index contributed by atoms with van der Waals surface area (Å²) < 4.78 is 22.5. The van der Waals surface area contributed by atoms with Crippen LogP contribution in [0.15, 0.2) is 47.4 Å². The van der Waals surface area contributed by atoms with Gasteiger partial charge >= 0.3 is 0 Å². The predicted octanol–water partition coefficient (Wildman–Crippen LogP) is 2.59. The van der Waals surface area contributed by atoms with E-state index in [-0.39, 0.29) is 22.8 Å². The zero-order valence-electron chi connectivity index (χ0n) is 13.2. The molecule has 0 aliphatic rings. The summed E-state index contributed by atoms with van der Waals surface area (Å²) in [7, 11) is -3.81. The molecule has 0 fully saturated rings. The summed E-state index contributed by atoms with van der Waals surface area (Å²) in [6.07, 6.45) is 0.263. The summed E-state index contributed by atoms with van der Waals surface area (Å²) in [5, 5.41) is 10.6. The van der Waals surface area contributed by atoms with Gasteiger partial charge in [-0.3, -0.25) is 9.59 Å². The lowest BCUT2D eigenvalue weighted by Gasteiger charge is -2.12. The Kier molecular flexibility index (Phi) is 5.78. The van der Waals surface area contributed by atoms with Crippen LogP contribution in [0.2, 0.25) is 5.02 Å². The Labute approximate surface area is 150 Å². The van der Waals surface area contributed by atoms with E-state index in [1.165, 1.54) is 36.4 Å². The smallest absolute Gasteiger partial charge is 0.257 e. The fraction of sp³-hybridized carbons (Fsp3) is 0.125. The average molecular weight is 382 g/mol. The molecule has 7 nitrogen and oxygen atoms in total. The number of rotatable bonds is 5. The number of halogens is 1. The molecule has 0 aliphatic heterocycles. The highest BCUT2D eigenvalue weighted by Gasteiger charge is 2.15. The van der Waals surface area contributed by atoms with Gasteiger partial charge in [-0.1, -0.05) is 18.5 Å². The number of anilines is 2. The Balaban J connectivity index is 2.25. The lowest BCUT2D eigenvalue weighted by atomic mass is 10.1. The summed E-state index contributed by atoms with van der Waals surface area (Å²) in [4.78, 5) is 24.0. The zero-order valence-corrected chi connectivity index (χ0v) is 14.8. The fourth-order valence-corrected chi connectivity index (χ4v) is 2.67. The Bertz CT molecular complexity index is 911. The van der Waals surface area contributed by atoms with Crippen molar-refractivity contribution in [3.63, 3.8) is 0 Å². The number of benzene rings is 2. The molecule has 2 rings (SSSR count). The predicted molar refractivity (Wildman–Crippen MR) is 96.1 cm³/mol. The number of primary sulfonamides is 1. The number of hydrogen-bond donors (Lipinski definition) is 3. The molecule has 0 radical (unpaired) electrons. The van der Waals surface area contributed by atoms with E-state index in [2.05, 4.69) is 10.6 Å². The summed E-state index contributed by atoms with van der Waals surface area (Å²) in [5.74, 6) is -0.744. The van der Waals surface area contributed by atoms with Gasteiger partial charge in [-0.25, -0.2) is 13.6 Å². The van der Waals surface area contributed by atoms with Crippen LogP contribution in [-0.4, -0.2) is 20.2 Å². The van der Waals surface area contributed by atoms with Crippen LogP contribution in [0.1, 0.15) is 23.7 Å². The zero-order chi connectivity index (χ0) is 18.6. The van der Waals surface area contributed by atoms with E-state index >= 15 is 0 Å². The van der Waals surface area contributed by atoms with Gasteiger partial charge in [0.1, 0.15) is 0 Å². The maximum atomic E-state index is 12.5. The number of nitrogens with two attached hydrogens (primary N) is 1. The number of nitrogens with one attached hydrogen (secondary N) is 2. The number of carbonyl (C=O) groups is 2. The second-order valence-corrected chi connectivity index (χ2v) is 7.11. The molecular weight excluding hydrogens is 366 g/mol. The van der Waals surface area contributed by atoms with Gasteiger partial charge in [-0.2, -0.15) is 0 Å². The summed E-state index contributed by atoms with van der Waals surface area (Å²) >= 11 is 5.93. The molecule has 132 valence electrons. The Morgan fingerprint density at radius 2 is 1.72 bits per heavy atom. The average Bonchev–Trinajstić information content (AvgIpc) is 2.56. The van der Waals surface area contributed by atoms with Crippen molar-refractivity contribution in [1.29, 1.82) is 0 Å². The van der Waals surface area contributed by atoms with Gasteiger partial charge in [0.15, 0.2) is 0 Å². The topological polar surface area (TPSA) is 118 Å². The van der Waals surface area contributed by atoms with Crippen LogP contribution in [0, 0.1) is 0 Å².